The summed E-state index contributed by atoms with van der Waals surface area (Å²) in [5.41, 5.74) is 5.54. The lowest BCUT2D eigenvalue weighted by atomic mass is 9.87. The molecule has 0 aliphatic carbocycles. The van der Waals surface area contributed by atoms with Crippen molar-refractivity contribution < 1.29 is 14.3 Å². The highest BCUT2D eigenvalue weighted by atomic mass is 16.5. The van der Waals surface area contributed by atoms with Crippen LogP contribution in [0.2, 0.25) is 0 Å². The zero-order chi connectivity index (χ0) is 24.1. The lowest BCUT2D eigenvalue weighted by Crippen LogP contribution is -2.18. The maximum absolute atomic E-state index is 12.7. The SMILES string of the molecule is CC(C)(C)c1ccc(C(=O)N/N=C\c2ccc(OC(=O)c3cccc4ccccc34)cc2)cc1. The molecule has 0 atom stereocenters. The minimum absolute atomic E-state index is 0.0303. The molecule has 0 bridgehead atoms. The van der Waals surface area contributed by atoms with Gasteiger partial charge in [-0.3, -0.25) is 4.79 Å². The molecule has 4 aromatic rings. The second kappa shape index (κ2) is 9.71. The van der Waals surface area contributed by atoms with Gasteiger partial charge in [0.15, 0.2) is 0 Å². The van der Waals surface area contributed by atoms with Gasteiger partial charge in [0.25, 0.3) is 5.91 Å². The van der Waals surface area contributed by atoms with E-state index in [2.05, 4.69) is 31.3 Å². The van der Waals surface area contributed by atoms with Gasteiger partial charge in [-0.25, -0.2) is 10.2 Å². The van der Waals surface area contributed by atoms with E-state index in [0.29, 0.717) is 16.9 Å². The van der Waals surface area contributed by atoms with Crippen molar-refractivity contribution in [1.82, 2.24) is 5.43 Å². The number of carbonyl (C=O) groups excluding carboxylic acids is 2. The van der Waals surface area contributed by atoms with E-state index in [-0.39, 0.29) is 11.3 Å². The van der Waals surface area contributed by atoms with Crippen LogP contribution in [0.4, 0.5) is 0 Å². The zero-order valence-electron chi connectivity index (χ0n) is 19.4. The van der Waals surface area contributed by atoms with Gasteiger partial charge in [0.2, 0.25) is 0 Å². The van der Waals surface area contributed by atoms with Gasteiger partial charge in [-0.15, -0.1) is 0 Å². The molecule has 170 valence electrons. The number of benzene rings is 4. The zero-order valence-corrected chi connectivity index (χ0v) is 19.4. The summed E-state index contributed by atoms with van der Waals surface area (Å²) in [7, 11) is 0. The lowest BCUT2D eigenvalue weighted by Gasteiger charge is -2.18. The van der Waals surface area contributed by atoms with Crippen molar-refractivity contribution >= 4 is 28.9 Å². The molecular weight excluding hydrogens is 424 g/mol. The van der Waals surface area contributed by atoms with Crippen LogP contribution in [0.5, 0.6) is 5.75 Å². The smallest absolute Gasteiger partial charge is 0.344 e. The molecule has 5 nitrogen and oxygen atoms in total. The molecule has 0 saturated carbocycles. The van der Waals surface area contributed by atoms with Crippen LogP contribution in [0.25, 0.3) is 10.8 Å². The van der Waals surface area contributed by atoms with Crippen LogP contribution in [-0.2, 0) is 5.41 Å². The second-order valence-electron chi connectivity index (χ2n) is 9.01. The second-order valence-corrected chi connectivity index (χ2v) is 9.01. The molecule has 0 heterocycles. The molecule has 1 N–H and O–H groups in total. The van der Waals surface area contributed by atoms with Crippen LogP contribution in [0.1, 0.15) is 52.6 Å². The van der Waals surface area contributed by atoms with Crippen LogP contribution in [0.15, 0.2) is 96.1 Å². The van der Waals surface area contributed by atoms with Gasteiger partial charge in [0, 0.05) is 5.56 Å². The van der Waals surface area contributed by atoms with Crippen LogP contribution in [0, 0.1) is 0 Å². The Hall–Kier alpha value is -4.25. The number of nitrogens with zero attached hydrogens (tertiary/aromatic N) is 1. The maximum Gasteiger partial charge on any atom is 0.344 e. The van der Waals surface area contributed by atoms with Crippen molar-refractivity contribution in [3.8, 4) is 5.75 Å². The summed E-state index contributed by atoms with van der Waals surface area (Å²) in [5, 5.41) is 5.86. The monoisotopic (exact) mass is 450 g/mol. The van der Waals surface area contributed by atoms with Crippen LogP contribution < -0.4 is 10.2 Å². The third-order valence-electron chi connectivity index (χ3n) is 5.49. The normalized spacial score (nSPS) is 11.5. The third kappa shape index (κ3) is 5.38. The first-order valence-corrected chi connectivity index (χ1v) is 11.1. The minimum atomic E-state index is -0.414. The highest BCUT2D eigenvalue weighted by Gasteiger charge is 2.14. The number of hydrogen-bond donors (Lipinski definition) is 1. The summed E-state index contributed by atoms with van der Waals surface area (Å²) in [4.78, 5) is 25.0. The quantitative estimate of drug-likeness (QED) is 0.172. The molecule has 1 amide bonds. The Labute approximate surface area is 199 Å². The Kier molecular flexibility index (Phi) is 6.55. The Morgan fingerprint density at radius 2 is 1.50 bits per heavy atom. The van der Waals surface area contributed by atoms with Crippen molar-refractivity contribution in [2.75, 3.05) is 0 Å². The summed E-state index contributed by atoms with van der Waals surface area (Å²) in [6.07, 6.45) is 1.54. The van der Waals surface area contributed by atoms with E-state index >= 15 is 0 Å². The Balaban J connectivity index is 1.36. The molecule has 4 aromatic carbocycles. The summed E-state index contributed by atoms with van der Waals surface area (Å²) in [5.74, 6) is -0.265. The van der Waals surface area contributed by atoms with Gasteiger partial charge in [-0.2, -0.15) is 5.10 Å². The van der Waals surface area contributed by atoms with E-state index in [9.17, 15) is 9.59 Å². The van der Waals surface area contributed by atoms with E-state index in [0.717, 1.165) is 21.9 Å². The number of hydrogen-bond acceptors (Lipinski definition) is 4. The number of nitrogens with one attached hydrogen (secondary N) is 1. The average Bonchev–Trinajstić information content (AvgIpc) is 2.84. The van der Waals surface area contributed by atoms with Gasteiger partial charge >= 0.3 is 5.97 Å². The van der Waals surface area contributed by atoms with Gasteiger partial charge < -0.3 is 4.74 Å². The molecule has 0 radical (unpaired) electrons. The molecule has 0 spiro atoms. The fourth-order valence-corrected chi connectivity index (χ4v) is 3.54. The molecule has 0 aliphatic heterocycles. The molecule has 0 aliphatic rings. The van der Waals surface area contributed by atoms with Crippen molar-refractivity contribution in [3.63, 3.8) is 0 Å². The van der Waals surface area contributed by atoms with E-state index in [4.69, 9.17) is 4.74 Å². The predicted molar refractivity (Wildman–Crippen MR) is 136 cm³/mol. The van der Waals surface area contributed by atoms with Gasteiger partial charge in [-0.1, -0.05) is 69.3 Å². The van der Waals surface area contributed by atoms with E-state index in [1.54, 1.807) is 42.5 Å². The summed E-state index contributed by atoms with van der Waals surface area (Å²) in [6.45, 7) is 6.38. The maximum atomic E-state index is 12.7. The first-order valence-electron chi connectivity index (χ1n) is 11.1. The van der Waals surface area contributed by atoms with Gasteiger partial charge in [0.05, 0.1) is 11.8 Å². The first-order chi connectivity index (χ1) is 16.3. The molecule has 0 saturated heterocycles. The largest absolute Gasteiger partial charge is 0.423 e. The van der Waals surface area contributed by atoms with Crippen LogP contribution in [-0.4, -0.2) is 18.1 Å². The number of carbonyl (C=O) groups is 2. The van der Waals surface area contributed by atoms with E-state index in [1.807, 2.05) is 48.5 Å². The highest BCUT2D eigenvalue weighted by Crippen LogP contribution is 2.23. The third-order valence-corrected chi connectivity index (χ3v) is 5.49. The highest BCUT2D eigenvalue weighted by molar-refractivity contribution is 6.05. The van der Waals surface area contributed by atoms with Crippen LogP contribution >= 0.6 is 0 Å². The number of rotatable bonds is 5. The standard InChI is InChI=1S/C29H26N2O3/c1-29(2,3)23-15-13-22(14-16-23)27(32)31-30-19-20-11-17-24(18-12-20)34-28(33)26-10-6-8-21-7-4-5-9-25(21)26/h4-19H,1-3H3,(H,31,32)/b30-19-. The molecule has 5 heteroatoms. The molecule has 0 unspecified atom stereocenters. The van der Waals surface area contributed by atoms with Crippen molar-refractivity contribution in [1.29, 1.82) is 0 Å². The molecule has 0 fully saturated rings. The van der Waals surface area contributed by atoms with Gasteiger partial charge in [0.1, 0.15) is 5.75 Å². The lowest BCUT2D eigenvalue weighted by molar-refractivity contribution is 0.0736. The average molecular weight is 451 g/mol. The number of esters is 1. The summed E-state index contributed by atoms with van der Waals surface area (Å²) >= 11 is 0. The summed E-state index contributed by atoms with van der Waals surface area (Å²) < 4.78 is 5.54. The Bertz CT molecular complexity index is 1340. The minimum Gasteiger partial charge on any atom is -0.423 e. The Morgan fingerprint density at radius 3 is 2.21 bits per heavy atom. The first kappa shape index (κ1) is 22.9. The number of fused-ring (bicyclic) bond motifs is 1. The van der Waals surface area contributed by atoms with Crippen LogP contribution in [0.3, 0.4) is 0 Å². The van der Waals surface area contributed by atoms with Crippen molar-refractivity contribution in [3.05, 3.63) is 113 Å². The van der Waals surface area contributed by atoms with Gasteiger partial charge in [-0.05, 0) is 69.8 Å². The van der Waals surface area contributed by atoms with E-state index in [1.165, 1.54) is 6.21 Å². The number of hydrazone groups is 1. The predicted octanol–water partition coefficient (Wildman–Crippen LogP) is 6.12. The van der Waals surface area contributed by atoms with Crippen molar-refractivity contribution in [2.45, 2.75) is 26.2 Å². The fraction of sp³-hybridized carbons (Fsp3) is 0.138. The van der Waals surface area contributed by atoms with Crippen molar-refractivity contribution in [2.24, 2.45) is 5.10 Å². The molecule has 0 aromatic heterocycles. The molecule has 4 rings (SSSR count). The summed E-state index contributed by atoms with van der Waals surface area (Å²) in [6, 6.07) is 27.7. The fourth-order valence-electron chi connectivity index (χ4n) is 3.54. The van der Waals surface area contributed by atoms with E-state index < -0.39 is 5.97 Å². The Morgan fingerprint density at radius 1 is 0.824 bits per heavy atom. The number of amides is 1. The molecular formula is C29H26N2O3. The number of ether oxygens (including phenoxy) is 1. The topological polar surface area (TPSA) is 67.8 Å². The molecule has 34 heavy (non-hydrogen) atoms.